The predicted octanol–water partition coefficient (Wildman–Crippen LogP) is 4.44. The molecule has 1 aromatic heterocycles. The van der Waals surface area contributed by atoms with Crippen LogP contribution in [0.1, 0.15) is 43.7 Å². The van der Waals surface area contributed by atoms with Crippen LogP contribution in [-0.4, -0.2) is 40.7 Å². The molecule has 168 valence electrons. The number of carbonyl (C=O) groups is 1. The third-order valence-corrected chi connectivity index (χ3v) is 5.62. The first-order valence-corrected chi connectivity index (χ1v) is 11.1. The standard InChI is InChI=1S/C25H29N3O4/c1-4-30-21-12-10-19(11-13-21)24-26-23(32-27-24)16-28(3)25(29)17(2)31-22-14-9-18-7-5-6-8-20(18)15-22/h9-15,17H,4-8,16H2,1-3H3/t17-/m1/s1. The molecule has 7 nitrogen and oxygen atoms in total. The van der Waals surface area contributed by atoms with Crippen molar-refractivity contribution in [3.63, 3.8) is 0 Å². The van der Waals surface area contributed by atoms with Gasteiger partial charge in [-0.15, -0.1) is 0 Å². The van der Waals surface area contributed by atoms with Gasteiger partial charge < -0.3 is 18.9 Å². The lowest BCUT2D eigenvalue weighted by atomic mass is 9.92. The van der Waals surface area contributed by atoms with E-state index in [1.54, 1.807) is 18.9 Å². The number of likely N-dealkylation sites (N-methyl/N-ethyl adjacent to an activating group) is 1. The maximum Gasteiger partial charge on any atom is 0.263 e. The van der Waals surface area contributed by atoms with Crippen LogP contribution < -0.4 is 9.47 Å². The van der Waals surface area contributed by atoms with E-state index < -0.39 is 6.10 Å². The summed E-state index contributed by atoms with van der Waals surface area (Å²) >= 11 is 0. The van der Waals surface area contributed by atoms with Crippen molar-refractivity contribution in [2.45, 2.75) is 52.2 Å². The Morgan fingerprint density at radius 2 is 1.81 bits per heavy atom. The van der Waals surface area contributed by atoms with E-state index in [-0.39, 0.29) is 12.5 Å². The second kappa shape index (κ2) is 9.85. The number of nitrogens with zero attached hydrogens (tertiary/aromatic N) is 3. The van der Waals surface area contributed by atoms with Gasteiger partial charge in [0.15, 0.2) is 6.10 Å². The van der Waals surface area contributed by atoms with Gasteiger partial charge in [0, 0.05) is 12.6 Å². The van der Waals surface area contributed by atoms with E-state index in [1.165, 1.54) is 24.0 Å². The lowest BCUT2D eigenvalue weighted by molar-refractivity contribution is -0.137. The number of ether oxygens (including phenoxy) is 2. The fraction of sp³-hybridized carbons (Fsp3) is 0.400. The van der Waals surface area contributed by atoms with Crippen molar-refractivity contribution >= 4 is 5.91 Å². The van der Waals surface area contributed by atoms with Crippen molar-refractivity contribution in [3.05, 3.63) is 59.5 Å². The summed E-state index contributed by atoms with van der Waals surface area (Å²) in [6.07, 6.45) is 4.02. The highest BCUT2D eigenvalue weighted by Gasteiger charge is 2.22. The highest BCUT2D eigenvalue weighted by Crippen LogP contribution is 2.26. The molecule has 0 saturated heterocycles. The van der Waals surface area contributed by atoms with Crippen LogP contribution in [-0.2, 0) is 24.2 Å². The minimum atomic E-state index is -0.616. The van der Waals surface area contributed by atoms with E-state index in [1.807, 2.05) is 37.3 Å². The minimum absolute atomic E-state index is 0.150. The van der Waals surface area contributed by atoms with Crippen molar-refractivity contribution in [1.82, 2.24) is 15.0 Å². The normalized spacial score (nSPS) is 13.8. The summed E-state index contributed by atoms with van der Waals surface area (Å²) < 4.78 is 16.7. The maximum atomic E-state index is 12.8. The summed E-state index contributed by atoms with van der Waals surface area (Å²) in [6.45, 7) is 4.52. The number of benzene rings is 2. The van der Waals surface area contributed by atoms with E-state index >= 15 is 0 Å². The first kappa shape index (κ1) is 21.9. The highest BCUT2D eigenvalue weighted by molar-refractivity contribution is 5.80. The van der Waals surface area contributed by atoms with E-state index in [4.69, 9.17) is 14.0 Å². The minimum Gasteiger partial charge on any atom is -0.494 e. The molecule has 1 aliphatic carbocycles. The molecule has 0 fully saturated rings. The molecular formula is C25H29N3O4. The molecule has 7 heteroatoms. The Balaban J connectivity index is 1.35. The Labute approximate surface area is 188 Å². The van der Waals surface area contributed by atoms with Crippen LogP contribution in [0.3, 0.4) is 0 Å². The Kier molecular flexibility index (Phi) is 6.73. The molecule has 4 rings (SSSR count). The molecule has 1 atom stereocenters. The highest BCUT2D eigenvalue weighted by atomic mass is 16.5. The zero-order valence-electron chi connectivity index (χ0n) is 18.8. The molecule has 0 unspecified atom stereocenters. The van der Waals surface area contributed by atoms with E-state index in [9.17, 15) is 4.79 Å². The summed E-state index contributed by atoms with van der Waals surface area (Å²) in [5.41, 5.74) is 3.54. The molecule has 0 radical (unpaired) electrons. The molecule has 1 heterocycles. The zero-order valence-corrected chi connectivity index (χ0v) is 18.8. The molecule has 0 N–H and O–H groups in total. The zero-order chi connectivity index (χ0) is 22.5. The van der Waals surface area contributed by atoms with Gasteiger partial charge in [0.05, 0.1) is 13.2 Å². The number of amides is 1. The van der Waals surface area contributed by atoms with Gasteiger partial charge >= 0.3 is 0 Å². The average Bonchev–Trinajstić information content (AvgIpc) is 3.27. The summed E-state index contributed by atoms with van der Waals surface area (Å²) in [5.74, 6) is 2.21. The summed E-state index contributed by atoms with van der Waals surface area (Å²) in [4.78, 5) is 18.8. The topological polar surface area (TPSA) is 77.7 Å². The second-order valence-electron chi connectivity index (χ2n) is 8.06. The Hall–Kier alpha value is -3.35. The van der Waals surface area contributed by atoms with Crippen molar-refractivity contribution < 1.29 is 18.8 Å². The van der Waals surface area contributed by atoms with Gasteiger partial charge in [-0.2, -0.15) is 4.98 Å². The van der Waals surface area contributed by atoms with Crippen LogP contribution in [0.25, 0.3) is 11.4 Å². The fourth-order valence-electron chi connectivity index (χ4n) is 3.93. The monoisotopic (exact) mass is 435 g/mol. The third-order valence-electron chi connectivity index (χ3n) is 5.62. The molecular weight excluding hydrogens is 406 g/mol. The van der Waals surface area contributed by atoms with E-state index in [0.29, 0.717) is 18.3 Å². The van der Waals surface area contributed by atoms with Crippen LogP contribution in [0, 0.1) is 0 Å². The maximum absolute atomic E-state index is 12.8. The van der Waals surface area contributed by atoms with Gasteiger partial charge in [-0.05, 0) is 87.1 Å². The Morgan fingerprint density at radius 3 is 2.56 bits per heavy atom. The van der Waals surface area contributed by atoms with E-state index in [2.05, 4.69) is 22.3 Å². The number of fused-ring (bicyclic) bond motifs is 1. The van der Waals surface area contributed by atoms with Crippen molar-refractivity contribution in [1.29, 1.82) is 0 Å². The van der Waals surface area contributed by atoms with Gasteiger partial charge in [0.2, 0.25) is 11.7 Å². The molecule has 1 aliphatic rings. The first-order valence-electron chi connectivity index (χ1n) is 11.1. The summed E-state index contributed by atoms with van der Waals surface area (Å²) in [5, 5.41) is 4.03. The third kappa shape index (κ3) is 5.10. The predicted molar refractivity (Wildman–Crippen MR) is 121 cm³/mol. The summed E-state index contributed by atoms with van der Waals surface area (Å²) in [6, 6.07) is 13.6. The molecule has 0 saturated carbocycles. The van der Waals surface area contributed by atoms with Crippen LogP contribution in [0.4, 0.5) is 0 Å². The van der Waals surface area contributed by atoms with Crippen LogP contribution in [0.5, 0.6) is 11.5 Å². The number of rotatable bonds is 8. The molecule has 1 amide bonds. The van der Waals surface area contributed by atoms with Crippen LogP contribution in [0.2, 0.25) is 0 Å². The van der Waals surface area contributed by atoms with Crippen molar-refractivity contribution in [2.75, 3.05) is 13.7 Å². The fourth-order valence-corrected chi connectivity index (χ4v) is 3.93. The number of hydrogen-bond acceptors (Lipinski definition) is 6. The van der Waals surface area contributed by atoms with Gasteiger partial charge in [-0.25, -0.2) is 0 Å². The molecule has 0 spiro atoms. The van der Waals surface area contributed by atoms with Crippen molar-refractivity contribution in [3.8, 4) is 22.9 Å². The summed E-state index contributed by atoms with van der Waals surface area (Å²) in [7, 11) is 1.70. The molecule has 2 aromatic carbocycles. The Bertz CT molecular complexity index is 1060. The number of aryl methyl sites for hydroxylation is 2. The smallest absolute Gasteiger partial charge is 0.263 e. The van der Waals surface area contributed by atoms with E-state index in [0.717, 1.165) is 29.9 Å². The second-order valence-corrected chi connectivity index (χ2v) is 8.06. The lowest BCUT2D eigenvalue weighted by Gasteiger charge is -2.22. The SMILES string of the molecule is CCOc1ccc(-c2noc(CN(C)C(=O)[C@@H](C)Oc3ccc4c(c3)CCCC4)n2)cc1. The van der Waals surface area contributed by atoms with Crippen LogP contribution >= 0.6 is 0 Å². The molecule has 32 heavy (non-hydrogen) atoms. The van der Waals surface area contributed by atoms with Crippen molar-refractivity contribution in [2.24, 2.45) is 0 Å². The largest absolute Gasteiger partial charge is 0.494 e. The lowest BCUT2D eigenvalue weighted by Crippen LogP contribution is -2.37. The average molecular weight is 436 g/mol. The molecule has 0 aliphatic heterocycles. The number of aromatic nitrogens is 2. The van der Waals surface area contributed by atoms with Gasteiger partial charge in [-0.1, -0.05) is 11.2 Å². The number of carbonyl (C=O) groups excluding carboxylic acids is 1. The molecule has 3 aromatic rings. The van der Waals surface area contributed by atoms with Gasteiger partial charge in [0.1, 0.15) is 11.5 Å². The first-order chi connectivity index (χ1) is 15.5. The van der Waals surface area contributed by atoms with Crippen LogP contribution in [0.15, 0.2) is 47.0 Å². The molecule has 0 bridgehead atoms. The van der Waals surface area contributed by atoms with Gasteiger partial charge in [-0.3, -0.25) is 4.79 Å². The number of hydrogen-bond donors (Lipinski definition) is 0. The Morgan fingerprint density at radius 1 is 1.09 bits per heavy atom. The van der Waals surface area contributed by atoms with Gasteiger partial charge in [0.25, 0.3) is 5.91 Å². The quantitative estimate of drug-likeness (QED) is 0.521.